The molecular formula is C12H16F2O2S. The topological polar surface area (TPSA) is 34.1 Å². The number of aryl methyl sites for hydroxylation is 1. The monoisotopic (exact) mass is 262 g/mol. The highest BCUT2D eigenvalue weighted by Crippen LogP contribution is 2.24. The molecule has 0 atom stereocenters. The molecule has 0 N–H and O–H groups in total. The number of sulfone groups is 1. The van der Waals surface area contributed by atoms with Gasteiger partial charge < -0.3 is 0 Å². The maximum Gasteiger partial charge on any atom is 0.159 e. The van der Waals surface area contributed by atoms with E-state index in [0.717, 1.165) is 6.07 Å². The van der Waals surface area contributed by atoms with E-state index in [0.29, 0.717) is 11.6 Å². The Bertz CT molecular complexity index is 505. The lowest BCUT2D eigenvalue weighted by molar-refractivity contribution is 0.550. The lowest BCUT2D eigenvalue weighted by atomic mass is 10.1. The maximum absolute atomic E-state index is 13.5. The molecule has 2 nitrogen and oxygen atoms in total. The molecule has 0 saturated heterocycles. The SMILES string of the molecule is Cc1cc(F)cc(F)c1CS(=O)(=O)C(C)(C)C. The van der Waals surface area contributed by atoms with Gasteiger partial charge in [0, 0.05) is 11.6 Å². The van der Waals surface area contributed by atoms with Gasteiger partial charge in [-0.15, -0.1) is 0 Å². The van der Waals surface area contributed by atoms with E-state index in [1.54, 1.807) is 20.8 Å². The molecule has 0 amide bonds. The molecule has 0 unspecified atom stereocenters. The summed E-state index contributed by atoms with van der Waals surface area (Å²) in [6.07, 6.45) is 0. The molecule has 5 heteroatoms. The second-order valence-electron chi connectivity index (χ2n) is 5.05. The van der Waals surface area contributed by atoms with Crippen LogP contribution in [0.25, 0.3) is 0 Å². The Morgan fingerprint density at radius 3 is 2.12 bits per heavy atom. The van der Waals surface area contributed by atoms with Crippen molar-refractivity contribution < 1.29 is 17.2 Å². The molecule has 17 heavy (non-hydrogen) atoms. The van der Waals surface area contributed by atoms with Crippen molar-refractivity contribution in [2.75, 3.05) is 0 Å². The number of hydrogen-bond acceptors (Lipinski definition) is 2. The summed E-state index contributed by atoms with van der Waals surface area (Å²) >= 11 is 0. The Hall–Kier alpha value is -0.970. The summed E-state index contributed by atoms with van der Waals surface area (Å²) in [7, 11) is -3.47. The van der Waals surface area contributed by atoms with Gasteiger partial charge in [0.1, 0.15) is 11.6 Å². The third-order valence-electron chi connectivity index (χ3n) is 2.65. The predicted octanol–water partition coefficient (Wildman–Crippen LogP) is 2.99. The Morgan fingerprint density at radius 1 is 1.18 bits per heavy atom. The number of halogens is 2. The summed E-state index contributed by atoms with van der Waals surface area (Å²) in [5.41, 5.74) is 0.358. The van der Waals surface area contributed by atoms with Crippen LogP contribution in [0.3, 0.4) is 0 Å². The van der Waals surface area contributed by atoms with E-state index in [1.807, 2.05) is 0 Å². The zero-order chi connectivity index (χ0) is 13.4. The Labute approximate surface area is 101 Å². The molecule has 0 aliphatic rings. The molecule has 0 aliphatic carbocycles. The van der Waals surface area contributed by atoms with Crippen LogP contribution in [0.2, 0.25) is 0 Å². The fraction of sp³-hybridized carbons (Fsp3) is 0.500. The first-order valence-corrected chi connectivity index (χ1v) is 6.86. The summed E-state index contributed by atoms with van der Waals surface area (Å²) < 4.78 is 49.4. The molecule has 1 aromatic rings. The van der Waals surface area contributed by atoms with Crippen molar-refractivity contribution in [1.29, 1.82) is 0 Å². The van der Waals surface area contributed by atoms with Crippen molar-refractivity contribution >= 4 is 9.84 Å². The summed E-state index contributed by atoms with van der Waals surface area (Å²) in [6, 6.07) is 1.84. The van der Waals surface area contributed by atoms with Gasteiger partial charge in [-0.25, -0.2) is 17.2 Å². The number of rotatable bonds is 2. The van der Waals surface area contributed by atoms with Gasteiger partial charge >= 0.3 is 0 Å². The molecule has 0 aromatic heterocycles. The molecule has 0 aliphatic heterocycles. The van der Waals surface area contributed by atoms with Crippen molar-refractivity contribution in [3.63, 3.8) is 0 Å². The molecule has 0 heterocycles. The van der Waals surface area contributed by atoms with Gasteiger partial charge in [0.15, 0.2) is 9.84 Å². The minimum Gasteiger partial charge on any atom is -0.228 e. The van der Waals surface area contributed by atoms with Gasteiger partial charge in [0.2, 0.25) is 0 Å². The normalized spacial score (nSPS) is 12.8. The van der Waals surface area contributed by atoms with E-state index < -0.39 is 32.0 Å². The summed E-state index contributed by atoms with van der Waals surface area (Å²) in [5.74, 6) is -1.92. The number of hydrogen-bond donors (Lipinski definition) is 0. The first-order valence-electron chi connectivity index (χ1n) is 5.21. The van der Waals surface area contributed by atoms with Crippen LogP contribution in [0.15, 0.2) is 12.1 Å². The second-order valence-corrected chi connectivity index (χ2v) is 7.80. The highest BCUT2D eigenvalue weighted by Gasteiger charge is 2.30. The van der Waals surface area contributed by atoms with Crippen LogP contribution in [-0.2, 0) is 15.6 Å². The summed E-state index contributed by atoms with van der Waals surface area (Å²) in [4.78, 5) is 0. The Kier molecular flexibility index (Phi) is 3.62. The van der Waals surface area contributed by atoms with Crippen LogP contribution < -0.4 is 0 Å². The van der Waals surface area contributed by atoms with Crippen LogP contribution in [0.5, 0.6) is 0 Å². The van der Waals surface area contributed by atoms with Gasteiger partial charge in [-0.05, 0) is 39.3 Å². The standard InChI is InChI=1S/C12H16F2O2S/c1-8-5-9(13)6-11(14)10(8)7-17(15,16)12(2,3)4/h5-6H,7H2,1-4H3. The zero-order valence-corrected chi connectivity index (χ0v) is 11.2. The van der Waals surface area contributed by atoms with Crippen LogP contribution >= 0.6 is 0 Å². The minimum absolute atomic E-state index is 0.0429. The summed E-state index contributed by atoms with van der Waals surface area (Å²) in [5, 5.41) is 0. The average molecular weight is 262 g/mol. The van der Waals surface area contributed by atoms with Gasteiger partial charge in [-0.1, -0.05) is 0 Å². The molecule has 0 bridgehead atoms. The van der Waals surface area contributed by atoms with E-state index in [-0.39, 0.29) is 5.56 Å². The quantitative estimate of drug-likeness (QED) is 0.821. The second kappa shape index (κ2) is 4.37. The average Bonchev–Trinajstić information content (AvgIpc) is 2.09. The molecule has 96 valence electrons. The van der Waals surface area contributed by atoms with Crippen molar-refractivity contribution in [2.45, 2.75) is 38.2 Å². The molecule has 0 spiro atoms. The molecule has 0 radical (unpaired) electrons. The molecular weight excluding hydrogens is 246 g/mol. The van der Waals surface area contributed by atoms with Gasteiger partial charge in [-0.3, -0.25) is 0 Å². The van der Waals surface area contributed by atoms with Gasteiger partial charge in [0.25, 0.3) is 0 Å². The van der Waals surface area contributed by atoms with E-state index in [2.05, 4.69) is 0 Å². The summed E-state index contributed by atoms with van der Waals surface area (Å²) in [6.45, 7) is 6.16. The third kappa shape index (κ3) is 3.03. The molecule has 1 rings (SSSR count). The third-order valence-corrected chi connectivity index (χ3v) is 5.19. The Morgan fingerprint density at radius 2 is 1.71 bits per heavy atom. The predicted molar refractivity (Wildman–Crippen MR) is 63.5 cm³/mol. The van der Waals surface area contributed by atoms with Crippen molar-refractivity contribution in [2.24, 2.45) is 0 Å². The van der Waals surface area contributed by atoms with Crippen molar-refractivity contribution in [3.8, 4) is 0 Å². The van der Waals surface area contributed by atoms with Crippen LogP contribution in [0.4, 0.5) is 8.78 Å². The van der Waals surface area contributed by atoms with E-state index in [1.165, 1.54) is 6.92 Å². The lowest BCUT2D eigenvalue weighted by Gasteiger charge is -2.20. The molecule has 0 saturated carbocycles. The lowest BCUT2D eigenvalue weighted by Crippen LogP contribution is -2.29. The molecule has 0 fully saturated rings. The van der Waals surface area contributed by atoms with Crippen molar-refractivity contribution in [1.82, 2.24) is 0 Å². The van der Waals surface area contributed by atoms with Crippen LogP contribution in [0.1, 0.15) is 31.9 Å². The first-order chi connectivity index (χ1) is 7.54. The van der Waals surface area contributed by atoms with Gasteiger partial charge in [-0.2, -0.15) is 0 Å². The van der Waals surface area contributed by atoms with E-state index in [4.69, 9.17) is 0 Å². The fourth-order valence-electron chi connectivity index (χ4n) is 1.32. The number of benzene rings is 1. The fourth-order valence-corrected chi connectivity index (χ4v) is 2.50. The molecule has 1 aromatic carbocycles. The highest BCUT2D eigenvalue weighted by atomic mass is 32.2. The first kappa shape index (κ1) is 14.1. The zero-order valence-electron chi connectivity index (χ0n) is 10.3. The van der Waals surface area contributed by atoms with E-state index >= 15 is 0 Å². The Balaban J connectivity index is 3.22. The smallest absolute Gasteiger partial charge is 0.159 e. The van der Waals surface area contributed by atoms with E-state index in [9.17, 15) is 17.2 Å². The maximum atomic E-state index is 13.5. The van der Waals surface area contributed by atoms with Crippen LogP contribution in [-0.4, -0.2) is 13.2 Å². The highest BCUT2D eigenvalue weighted by molar-refractivity contribution is 7.91. The minimum atomic E-state index is -3.47. The van der Waals surface area contributed by atoms with Crippen molar-refractivity contribution in [3.05, 3.63) is 34.9 Å². The van der Waals surface area contributed by atoms with Gasteiger partial charge in [0.05, 0.1) is 10.5 Å². The largest absolute Gasteiger partial charge is 0.228 e. The van der Waals surface area contributed by atoms with Crippen LogP contribution in [0, 0.1) is 18.6 Å².